The molecule has 0 unspecified atom stereocenters. The zero-order valence-electron chi connectivity index (χ0n) is 15.9. The molecule has 3 N–H and O–H groups in total. The van der Waals surface area contributed by atoms with Gasteiger partial charge in [-0.2, -0.15) is 0 Å². The molecule has 0 spiro atoms. The molecule has 152 valence electrons. The van der Waals surface area contributed by atoms with Crippen LogP contribution < -0.4 is 15.4 Å². The van der Waals surface area contributed by atoms with Gasteiger partial charge in [0, 0.05) is 43.6 Å². The van der Waals surface area contributed by atoms with E-state index in [9.17, 15) is 9.59 Å². The third-order valence-electron chi connectivity index (χ3n) is 4.03. The fourth-order valence-electron chi connectivity index (χ4n) is 2.75. The number of amides is 2. The Morgan fingerprint density at radius 3 is 2.79 bits per heavy atom. The van der Waals surface area contributed by atoms with Gasteiger partial charge >= 0.3 is 12.1 Å². The number of fused-ring (bicyclic) bond motifs is 1. The number of pyridine rings is 1. The topological polar surface area (TPSA) is 115 Å². The smallest absolute Gasteiger partial charge is 0.410 e. The van der Waals surface area contributed by atoms with Gasteiger partial charge in [-0.1, -0.05) is 0 Å². The number of carboxylic acid groups (broad SMARTS) is 1. The SMILES string of the molecule is CCOCCCNC(=O)n1ccc2cc(Oc3ccnc(NC(=O)O)c3)ccc21. The summed E-state index contributed by atoms with van der Waals surface area (Å²) in [5.74, 6) is 1.16. The van der Waals surface area contributed by atoms with Crippen molar-refractivity contribution in [1.29, 1.82) is 0 Å². The molecule has 3 aromatic rings. The van der Waals surface area contributed by atoms with E-state index in [4.69, 9.17) is 14.6 Å². The highest BCUT2D eigenvalue weighted by Gasteiger charge is 2.10. The molecular formula is C20H22N4O5. The molecule has 2 heterocycles. The minimum atomic E-state index is -1.20. The van der Waals surface area contributed by atoms with Crippen LogP contribution in [0.1, 0.15) is 13.3 Å². The van der Waals surface area contributed by atoms with Crippen molar-refractivity contribution in [2.75, 3.05) is 25.1 Å². The Bertz CT molecular complexity index is 1000. The second kappa shape index (κ2) is 9.56. The van der Waals surface area contributed by atoms with Gasteiger partial charge in [0.2, 0.25) is 0 Å². The maximum Gasteiger partial charge on any atom is 0.410 e. The highest BCUT2D eigenvalue weighted by atomic mass is 16.5. The van der Waals surface area contributed by atoms with Gasteiger partial charge in [0.05, 0.1) is 5.52 Å². The number of benzene rings is 1. The number of carbonyl (C=O) groups excluding carboxylic acids is 1. The first-order valence-corrected chi connectivity index (χ1v) is 9.17. The van der Waals surface area contributed by atoms with Crippen molar-refractivity contribution in [2.24, 2.45) is 0 Å². The van der Waals surface area contributed by atoms with Crippen LogP contribution in [0.5, 0.6) is 11.5 Å². The summed E-state index contributed by atoms with van der Waals surface area (Å²) in [6, 6.07) is 10.1. The molecule has 29 heavy (non-hydrogen) atoms. The van der Waals surface area contributed by atoms with E-state index in [0.717, 1.165) is 17.3 Å². The Balaban J connectivity index is 1.67. The number of nitrogens with zero attached hydrogens (tertiary/aromatic N) is 2. The lowest BCUT2D eigenvalue weighted by molar-refractivity contribution is 0.145. The fraction of sp³-hybridized carbons (Fsp3) is 0.250. The van der Waals surface area contributed by atoms with Crippen LogP contribution in [0.2, 0.25) is 0 Å². The van der Waals surface area contributed by atoms with Crippen LogP contribution in [0, 0.1) is 0 Å². The van der Waals surface area contributed by atoms with Gasteiger partial charge in [0.25, 0.3) is 0 Å². The van der Waals surface area contributed by atoms with Crippen LogP contribution in [0.3, 0.4) is 0 Å². The van der Waals surface area contributed by atoms with Crippen LogP contribution in [0.25, 0.3) is 10.9 Å². The van der Waals surface area contributed by atoms with E-state index >= 15 is 0 Å². The summed E-state index contributed by atoms with van der Waals surface area (Å²) < 4.78 is 12.6. The lowest BCUT2D eigenvalue weighted by Gasteiger charge is -2.09. The third-order valence-corrected chi connectivity index (χ3v) is 4.03. The Morgan fingerprint density at radius 2 is 2.00 bits per heavy atom. The number of aromatic nitrogens is 2. The molecule has 3 rings (SSSR count). The van der Waals surface area contributed by atoms with Crippen LogP contribution in [-0.2, 0) is 4.74 Å². The molecule has 1 aromatic carbocycles. The highest BCUT2D eigenvalue weighted by molar-refractivity contribution is 5.92. The Morgan fingerprint density at radius 1 is 1.17 bits per heavy atom. The highest BCUT2D eigenvalue weighted by Crippen LogP contribution is 2.27. The summed E-state index contributed by atoms with van der Waals surface area (Å²) in [5, 5.41) is 14.6. The van der Waals surface area contributed by atoms with E-state index < -0.39 is 6.09 Å². The average molecular weight is 398 g/mol. The monoisotopic (exact) mass is 398 g/mol. The molecule has 9 nitrogen and oxygen atoms in total. The summed E-state index contributed by atoms with van der Waals surface area (Å²) in [5.41, 5.74) is 0.752. The molecule has 2 aromatic heterocycles. The van der Waals surface area contributed by atoms with E-state index in [0.29, 0.717) is 31.3 Å². The van der Waals surface area contributed by atoms with Gasteiger partial charge in [-0.15, -0.1) is 0 Å². The van der Waals surface area contributed by atoms with E-state index in [1.807, 2.05) is 13.0 Å². The van der Waals surface area contributed by atoms with Gasteiger partial charge in [0.15, 0.2) is 0 Å². The van der Waals surface area contributed by atoms with Crippen molar-refractivity contribution in [3.63, 3.8) is 0 Å². The normalized spacial score (nSPS) is 10.7. The minimum Gasteiger partial charge on any atom is -0.465 e. The second-order valence-electron chi connectivity index (χ2n) is 6.10. The fourth-order valence-corrected chi connectivity index (χ4v) is 2.75. The Kier molecular flexibility index (Phi) is 6.64. The number of rotatable bonds is 8. The lowest BCUT2D eigenvalue weighted by Crippen LogP contribution is -2.29. The van der Waals surface area contributed by atoms with Gasteiger partial charge in [-0.3, -0.25) is 9.88 Å². The quantitative estimate of drug-likeness (QED) is 0.496. The zero-order valence-corrected chi connectivity index (χ0v) is 15.9. The van der Waals surface area contributed by atoms with Crippen molar-refractivity contribution in [3.05, 3.63) is 48.8 Å². The zero-order chi connectivity index (χ0) is 20.6. The molecule has 0 aliphatic carbocycles. The maximum atomic E-state index is 12.4. The first kappa shape index (κ1) is 20.2. The summed E-state index contributed by atoms with van der Waals surface area (Å²) in [7, 11) is 0. The Labute approximate surface area is 167 Å². The molecule has 0 bridgehead atoms. The standard InChI is InChI=1S/C20H22N4O5/c1-2-28-11-3-8-22-19(25)24-10-7-14-12-15(4-5-17(14)24)29-16-6-9-21-18(13-16)23-20(26)27/h4-7,9-10,12-13H,2-3,8,11H2,1H3,(H,21,23)(H,22,25)(H,26,27). The molecule has 0 aliphatic heterocycles. The van der Waals surface area contributed by atoms with E-state index in [1.54, 1.807) is 35.0 Å². The number of ether oxygens (including phenoxy) is 2. The van der Waals surface area contributed by atoms with Crippen molar-refractivity contribution in [2.45, 2.75) is 13.3 Å². The van der Waals surface area contributed by atoms with E-state index in [2.05, 4.69) is 15.6 Å². The molecule has 0 fully saturated rings. The summed E-state index contributed by atoms with van der Waals surface area (Å²) >= 11 is 0. The first-order valence-electron chi connectivity index (χ1n) is 9.17. The van der Waals surface area contributed by atoms with Gasteiger partial charge < -0.3 is 19.9 Å². The predicted molar refractivity (Wildman–Crippen MR) is 108 cm³/mol. The minimum absolute atomic E-state index is 0.170. The largest absolute Gasteiger partial charge is 0.465 e. The van der Waals surface area contributed by atoms with Crippen molar-refractivity contribution in [1.82, 2.24) is 14.9 Å². The average Bonchev–Trinajstić information content (AvgIpc) is 3.11. The number of hydrogen-bond acceptors (Lipinski definition) is 5. The first-order chi connectivity index (χ1) is 14.1. The number of hydrogen-bond donors (Lipinski definition) is 3. The van der Waals surface area contributed by atoms with Gasteiger partial charge in [-0.05, 0) is 43.7 Å². The van der Waals surface area contributed by atoms with Crippen LogP contribution in [0.15, 0.2) is 48.8 Å². The lowest BCUT2D eigenvalue weighted by atomic mass is 10.2. The van der Waals surface area contributed by atoms with Crippen molar-refractivity contribution in [3.8, 4) is 11.5 Å². The van der Waals surface area contributed by atoms with Crippen molar-refractivity contribution >= 4 is 28.8 Å². The third kappa shape index (κ3) is 5.45. The molecule has 9 heteroatoms. The van der Waals surface area contributed by atoms with Crippen molar-refractivity contribution < 1.29 is 24.2 Å². The predicted octanol–water partition coefficient (Wildman–Crippen LogP) is 3.90. The van der Waals surface area contributed by atoms with E-state index in [-0.39, 0.29) is 11.8 Å². The second-order valence-corrected chi connectivity index (χ2v) is 6.10. The number of nitrogens with one attached hydrogen (secondary N) is 2. The number of carbonyl (C=O) groups is 2. The van der Waals surface area contributed by atoms with Gasteiger partial charge in [-0.25, -0.2) is 14.6 Å². The summed E-state index contributed by atoms with van der Waals surface area (Å²) in [6.45, 7) is 3.75. The molecule has 0 atom stereocenters. The van der Waals surface area contributed by atoms with E-state index in [1.165, 1.54) is 12.3 Å². The molecule has 0 aliphatic rings. The Hall–Kier alpha value is -3.59. The molecular weight excluding hydrogens is 376 g/mol. The summed E-state index contributed by atoms with van der Waals surface area (Å²) in [4.78, 5) is 27.0. The van der Waals surface area contributed by atoms with Crippen LogP contribution in [-0.4, -0.2) is 46.5 Å². The summed E-state index contributed by atoms with van der Waals surface area (Å²) in [6.07, 6.45) is 2.70. The molecule has 0 saturated heterocycles. The van der Waals surface area contributed by atoms with Gasteiger partial charge in [0.1, 0.15) is 17.3 Å². The molecule has 0 saturated carbocycles. The maximum absolute atomic E-state index is 12.4. The molecule has 2 amide bonds. The molecule has 0 radical (unpaired) electrons. The number of anilines is 1. The van der Waals surface area contributed by atoms with Crippen LogP contribution in [0.4, 0.5) is 15.4 Å². The van der Waals surface area contributed by atoms with Crippen LogP contribution >= 0.6 is 0 Å².